The number of carbonyl (C=O) groups excluding carboxylic acids is 2. The van der Waals surface area contributed by atoms with Crippen molar-refractivity contribution in [3.63, 3.8) is 0 Å². The Bertz CT molecular complexity index is 1480. The molecule has 9 nitrogen and oxygen atoms in total. The SMILES string of the molecule is CC(C)(N)CC(=O)N[C@@H]1Cc2cc(F)ccc2CN(Cc2ccc(-c3ccccc3)c(-c3nn[nH]n3)c2)C1=O. The first kappa shape index (κ1) is 26.2. The summed E-state index contributed by atoms with van der Waals surface area (Å²) in [6.07, 6.45) is 0.252. The number of aromatic nitrogens is 4. The van der Waals surface area contributed by atoms with Gasteiger partial charge in [0.1, 0.15) is 11.9 Å². The molecule has 0 bridgehead atoms. The van der Waals surface area contributed by atoms with E-state index >= 15 is 0 Å². The number of nitrogens with two attached hydrogens (primary N) is 1. The van der Waals surface area contributed by atoms with E-state index in [-0.39, 0.29) is 43.6 Å². The van der Waals surface area contributed by atoms with Crippen molar-refractivity contribution in [2.75, 3.05) is 0 Å². The molecule has 4 aromatic rings. The monoisotopic (exact) mass is 527 g/mol. The molecular weight excluding hydrogens is 497 g/mol. The van der Waals surface area contributed by atoms with Gasteiger partial charge >= 0.3 is 0 Å². The third-order valence-electron chi connectivity index (χ3n) is 6.64. The highest BCUT2D eigenvalue weighted by Crippen LogP contribution is 2.32. The average Bonchev–Trinajstić information content (AvgIpc) is 3.39. The molecule has 1 aromatic heterocycles. The van der Waals surface area contributed by atoms with Crippen LogP contribution in [0.15, 0.2) is 66.7 Å². The lowest BCUT2D eigenvalue weighted by Crippen LogP contribution is -2.50. The molecular formula is C29H30FN7O2. The Kier molecular flexibility index (Phi) is 7.21. The van der Waals surface area contributed by atoms with Gasteiger partial charge in [-0.25, -0.2) is 4.39 Å². The molecule has 0 unspecified atom stereocenters. The standard InChI is InChI=1S/C29H30FN7O2/c1-29(2,31)15-26(38)32-25-14-21-13-22(30)10-9-20(21)17-37(28(25)39)16-18-8-11-23(19-6-4-3-5-7-19)24(12-18)27-33-35-36-34-27/h3-13,25H,14-17,31H2,1-2H3,(H,32,38)(H,33,34,35,36)/t25-/m1/s1. The first-order valence-corrected chi connectivity index (χ1v) is 12.7. The zero-order valence-corrected chi connectivity index (χ0v) is 21.8. The predicted molar refractivity (Wildman–Crippen MR) is 144 cm³/mol. The summed E-state index contributed by atoms with van der Waals surface area (Å²) in [6, 6.07) is 19.4. The van der Waals surface area contributed by atoms with Gasteiger partial charge < -0.3 is 16.0 Å². The van der Waals surface area contributed by atoms with Crippen LogP contribution >= 0.6 is 0 Å². The number of benzene rings is 3. The van der Waals surface area contributed by atoms with E-state index in [9.17, 15) is 14.0 Å². The van der Waals surface area contributed by atoms with Crippen molar-refractivity contribution in [1.82, 2.24) is 30.8 Å². The number of halogens is 1. The average molecular weight is 528 g/mol. The van der Waals surface area contributed by atoms with E-state index in [0.29, 0.717) is 11.4 Å². The molecule has 10 heteroatoms. The van der Waals surface area contributed by atoms with Crippen LogP contribution in [0.4, 0.5) is 4.39 Å². The van der Waals surface area contributed by atoms with Crippen molar-refractivity contribution >= 4 is 11.8 Å². The molecule has 3 aromatic carbocycles. The number of rotatable bonds is 7. The van der Waals surface area contributed by atoms with Crippen molar-refractivity contribution < 1.29 is 14.0 Å². The molecule has 200 valence electrons. The summed E-state index contributed by atoms with van der Waals surface area (Å²) in [5.74, 6) is -0.521. The van der Waals surface area contributed by atoms with Gasteiger partial charge in [0.15, 0.2) is 0 Å². The Labute approximate surface area is 225 Å². The van der Waals surface area contributed by atoms with Crippen LogP contribution in [-0.4, -0.2) is 48.9 Å². The fraction of sp³-hybridized carbons (Fsp3) is 0.276. The summed E-state index contributed by atoms with van der Waals surface area (Å²) in [5, 5.41) is 17.4. The molecule has 0 fully saturated rings. The van der Waals surface area contributed by atoms with E-state index in [1.807, 2.05) is 48.5 Å². The molecule has 0 radical (unpaired) electrons. The highest BCUT2D eigenvalue weighted by Gasteiger charge is 2.32. The number of nitrogens with one attached hydrogen (secondary N) is 2. The molecule has 2 amide bonds. The second-order valence-electron chi connectivity index (χ2n) is 10.6. The highest BCUT2D eigenvalue weighted by atomic mass is 19.1. The van der Waals surface area contributed by atoms with Gasteiger partial charge in [0, 0.05) is 37.0 Å². The molecule has 5 rings (SSSR count). The van der Waals surface area contributed by atoms with E-state index in [2.05, 4.69) is 25.9 Å². The number of aromatic amines is 1. The van der Waals surface area contributed by atoms with Gasteiger partial charge in [-0.05, 0) is 65.1 Å². The molecule has 2 heterocycles. The smallest absolute Gasteiger partial charge is 0.246 e. The topological polar surface area (TPSA) is 130 Å². The Morgan fingerprint density at radius 2 is 1.90 bits per heavy atom. The van der Waals surface area contributed by atoms with Gasteiger partial charge in [-0.1, -0.05) is 48.5 Å². The van der Waals surface area contributed by atoms with Gasteiger partial charge in [0.05, 0.1) is 0 Å². The van der Waals surface area contributed by atoms with Crippen molar-refractivity contribution in [2.45, 2.75) is 51.4 Å². The Morgan fingerprint density at radius 3 is 2.62 bits per heavy atom. The number of H-pyrrole nitrogens is 1. The van der Waals surface area contributed by atoms with E-state index in [0.717, 1.165) is 27.8 Å². The van der Waals surface area contributed by atoms with Crippen molar-refractivity contribution in [3.05, 3.63) is 89.2 Å². The summed E-state index contributed by atoms with van der Waals surface area (Å²) in [4.78, 5) is 28.2. The molecule has 0 spiro atoms. The number of amides is 2. The number of fused-ring (bicyclic) bond motifs is 1. The summed E-state index contributed by atoms with van der Waals surface area (Å²) in [6.45, 7) is 4.04. The second kappa shape index (κ2) is 10.7. The number of tetrazole rings is 1. The number of carbonyl (C=O) groups is 2. The van der Waals surface area contributed by atoms with Gasteiger partial charge in [-0.3, -0.25) is 9.59 Å². The molecule has 1 aliphatic rings. The maximum Gasteiger partial charge on any atom is 0.246 e. The van der Waals surface area contributed by atoms with Crippen LogP contribution in [0.1, 0.15) is 37.0 Å². The molecule has 0 aliphatic carbocycles. The van der Waals surface area contributed by atoms with Crippen LogP contribution in [0, 0.1) is 5.82 Å². The first-order valence-electron chi connectivity index (χ1n) is 12.7. The maximum atomic E-state index is 14.1. The lowest BCUT2D eigenvalue weighted by Gasteiger charge is -2.26. The minimum absolute atomic E-state index is 0.0573. The molecule has 1 atom stereocenters. The first-order chi connectivity index (χ1) is 18.7. The van der Waals surface area contributed by atoms with E-state index < -0.39 is 11.6 Å². The Morgan fingerprint density at radius 1 is 1.10 bits per heavy atom. The van der Waals surface area contributed by atoms with Crippen LogP contribution in [0.3, 0.4) is 0 Å². The molecule has 39 heavy (non-hydrogen) atoms. The van der Waals surface area contributed by atoms with Crippen molar-refractivity contribution in [3.8, 4) is 22.5 Å². The predicted octanol–water partition coefficient (Wildman–Crippen LogP) is 3.37. The third-order valence-corrected chi connectivity index (χ3v) is 6.64. The summed E-state index contributed by atoms with van der Waals surface area (Å²) in [5.41, 5.74) is 10.4. The van der Waals surface area contributed by atoms with E-state index in [4.69, 9.17) is 5.73 Å². The van der Waals surface area contributed by atoms with Crippen LogP contribution in [-0.2, 0) is 29.1 Å². The van der Waals surface area contributed by atoms with E-state index in [1.165, 1.54) is 12.1 Å². The maximum absolute atomic E-state index is 14.1. The van der Waals surface area contributed by atoms with Crippen molar-refractivity contribution in [1.29, 1.82) is 0 Å². The molecule has 1 aliphatic heterocycles. The Balaban J connectivity index is 1.48. The summed E-state index contributed by atoms with van der Waals surface area (Å²) in [7, 11) is 0. The largest absolute Gasteiger partial charge is 0.344 e. The van der Waals surface area contributed by atoms with Gasteiger partial charge in [0.25, 0.3) is 0 Å². The minimum atomic E-state index is -0.844. The van der Waals surface area contributed by atoms with Crippen LogP contribution in [0.2, 0.25) is 0 Å². The quantitative estimate of drug-likeness (QED) is 0.338. The summed E-state index contributed by atoms with van der Waals surface area (Å²) < 4.78 is 14.1. The number of hydrogen-bond donors (Lipinski definition) is 3. The molecule has 4 N–H and O–H groups in total. The highest BCUT2D eigenvalue weighted by molar-refractivity contribution is 5.89. The Hall–Kier alpha value is -4.44. The van der Waals surface area contributed by atoms with Gasteiger partial charge in [0.2, 0.25) is 17.6 Å². The molecule has 0 saturated carbocycles. The minimum Gasteiger partial charge on any atom is -0.344 e. The second-order valence-corrected chi connectivity index (χ2v) is 10.6. The normalized spacial score (nSPS) is 15.5. The lowest BCUT2D eigenvalue weighted by atomic mass is 9.96. The zero-order chi connectivity index (χ0) is 27.6. The van der Waals surface area contributed by atoms with Crippen LogP contribution in [0.5, 0.6) is 0 Å². The zero-order valence-electron chi connectivity index (χ0n) is 21.8. The number of hydrogen-bond acceptors (Lipinski definition) is 6. The summed E-state index contributed by atoms with van der Waals surface area (Å²) >= 11 is 0. The van der Waals surface area contributed by atoms with Crippen molar-refractivity contribution in [2.24, 2.45) is 5.73 Å². The third kappa shape index (κ3) is 6.18. The molecule has 0 saturated heterocycles. The fourth-order valence-corrected chi connectivity index (χ4v) is 4.90. The van der Waals surface area contributed by atoms with Gasteiger partial charge in [-0.15, -0.1) is 10.2 Å². The van der Waals surface area contributed by atoms with Crippen LogP contribution < -0.4 is 11.1 Å². The lowest BCUT2D eigenvalue weighted by molar-refractivity contribution is -0.137. The van der Waals surface area contributed by atoms with E-state index in [1.54, 1.807) is 24.8 Å². The fourth-order valence-electron chi connectivity index (χ4n) is 4.90. The van der Waals surface area contributed by atoms with Crippen LogP contribution in [0.25, 0.3) is 22.5 Å². The number of nitrogens with zero attached hydrogens (tertiary/aromatic N) is 4. The van der Waals surface area contributed by atoms with Gasteiger partial charge in [-0.2, -0.15) is 5.21 Å².